The van der Waals surface area contributed by atoms with Crippen LogP contribution in [0.4, 0.5) is 0 Å². The number of morpholine rings is 1. The first-order chi connectivity index (χ1) is 10.8. The molecule has 1 aliphatic heterocycles. The van der Waals surface area contributed by atoms with Crippen LogP contribution in [0.5, 0.6) is 0 Å². The van der Waals surface area contributed by atoms with Crippen molar-refractivity contribution in [3.05, 3.63) is 30.3 Å². The molecule has 3 rings (SSSR count). The SMILES string of the molecule is NC(=NCC1(Sc2ccccc2)CCCC1)N1CCOCC1. The second-order valence-corrected chi connectivity index (χ2v) is 7.62. The predicted octanol–water partition coefficient (Wildman–Crippen LogP) is 2.74. The van der Waals surface area contributed by atoms with E-state index in [1.165, 1.54) is 30.6 Å². The lowest BCUT2D eigenvalue weighted by atomic mass is 10.1. The summed E-state index contributed by atoms with van der Waals surface area (Å²) in [5, 5.41) is 0. The summed E-state index contributed by atoms with van der Waals surface area (Å²) in [6.07, 6.45) is 5.05. The summed E-state index contributed by atoms with van der Waals surface area (Å²) < 4.78 is 5.59. The molecular formula is C17H25N3OS. The molecule has 5 heteroatoms. The molecule has 4 nitrogen and oxygen atoms in total. The molecule has 2 N–H and O–H groups in total. The summed E-state index contributed by atoms with van der Waals surface area (Å²) in [4.78, 5) is 8.22. The second kappa shape index (κ2) is 7.38. The lowest BCUT2D eigenvalue weighted by molar-refractivity contribution is 0.0674. The topological polar surface area (TPSA) is 50.8 Å². The molecule has 2 fully saturated rings. The summed E-state index contributed by atoms with van der Waals surface area (Å²) in [6, 6.07) is 10.7. The zero-order chi connectivity index (χ0) is 15.3. The van der Waals surface area contributed by atoms with E-state index < -0.39 is 0 Å². The zero-order valence-electron chi connectivity index (χ0n) is 13.0. The Hall–Kier alpha value is -1.20. The van der Waals surface area contributed by atoms with Gasteiger partial charge in [-0.3, -0.25) is 4.99 Å². The molecule has 0 bridgehead atoms. The van der Waals surface area contributed by atoms with Gasteiger partial charge >= 0.3 is 0 Å². The largest absolute Gasteiger partial charge is 0.378 e. The number of rotatable bonds is 4. The fourth-order valence-corrected chi connectivity index (χ4v) is 4.58. The Morgan fingerprint density at radius 2 is 1.86 bits per heavy atom. The fourth-order valence-electron chi connectivity index (χ4n) is 3.17. The highest BCUT2D eigenvalue weighted by molar-refractivity contribution is 8.00. The van der Waals surface area contributed by atoms with Gasteiger partial charge in [0.25, 0.3) is 0 Å². The zero-order valence-corrected chi connectivity index (χ0v) is 13.9. The molecule has 0 radical (unpaired) electrons. The van der Waals surface area contributed by atoms with Crippen LogP contribution in [-0.2, 0) is 4.74 Å². The molecule has 0 aromatic heterocycles. The normalized spacial score (nSPS) is 22.0. The highest BCUT2D eigenvalue weighted by Crippen LogP contribution is 2.45. The smallest absolute Gasteiger partial charge is 0.191 e. The molecule has 2 aliphatic rings. The van der Waals surface area contributed by atoms with Gasteiger partial charge in [0.2, 0.25) is 0 Å². The lowest BCUT2D eigenvalue weighted by Gasteiger charge is -2.30. The van der Waals surface area contributed by atoms with E-state index in [1.54, 1.807) is 0 Å². The number of hydrogen-bond acceptors (Lipinski definition) is 3. The Bertz CT molecular complexity index is 494. The van der Waals surface area contributed by atoms with Crippen molar-refractivity contribution in [2.24, 2.45) is 10.7 Å². The summed E-state index contributed by atoms with van der Waals surface area (Å²) in [5.74, 6) is 0.684. The van der Waals surface area contributed by atoms with E-state index in [4.69, 9.17) is 15.5 Å². The van der Waals surface area contributed by atoms with E-state index in [0.29, 0.717) is 5.96 Å². The number of nitrogens with two attached hydrogens (primary N) is 1. The second-order valence-electron chi connectivity index (χ2n) is 6.08. The Balaban J connectivity index is 1.66. The summed E-state index contributed by atoms with van der Waals surface area (Å²) in [5.41, 5.74) is 6.19. The average Bonchev–Trinajstić information content (AvgIpc) is 3.03. The van der Waals surface area contributed by atoms with Crippen LogP contribution < -0.4 is 5.73 Å². The molecule has 0 amide bonds. The number of thioether (sulfide) groups is 1. The number of guanidine groups is 1. The molecule has 1 saturated heterocycles. The standard InChI is InChI=1S/C17H25N3OS/c18-16(20-10-12-21-13-11-20)19-14-17(8-4-5-9-17)22-15-6-2-1-3-7-15/h1-3,6-7H,4-5,8-14H2,(H2,18,19). The Kier molecular flexibility index (Phi) is 5.26. The number of benzene rings is 1. The molecule has 1 aliphatic carbocycles. The summed E-state index contributed by atoms with van der Waals surface area (Å²) in [6.45, 7) is 4.03. The lowest BCUT2D eigenvalue weighted by Crippen LogP contribution is -2.45. The Labute approximate surface area is 137 Å². The van der Waals surface area contributed by atoms with Crippen LogP contribution in [0.1, 0.15) is 25.7 Å². The molecule has 0 spiro atoms. The highest BCUT2D eigenvalue weighted by Gasteiger charge is 2.35. The maximum Gasteiger partial charge on any atom is 0.191 e. The quantitative estimate of drug-likeness (QED) is 0.685. The van der Waals surface area contributed by atoms with Gasteiger partial charge in [-0.05, 0) is 25.0 Å². The minimum Gasteiger partial charge on any atom is -0.378 e. The van der Waals surface area contributed by atoms with E-state index in [2.05, 4.69) is 35.2 Å². The van der Waals surface area contributed by atoms with Crippen LogP contribution in [0.25, 0.3) is 0 Å². The molecule has 1 saturated carbocycles. The minimum atomic E-state index is 0.220. The van der Waals surface area contributed by atoms with Gasteiger partial charge in [-0.2, -0.15) is 0 Å². The molecule has 0 unspecified atom stereocenters. The highest BCUT2D eigenvalue weighted by atomic mass is 32.2. The van der Waals surface area contributed by atoms with Gasteiger partial charge in [-0.1, -0.05) is 31.0 Å². The number of nitrogens with zero attached hydrogens (tertiary/aromatic N) is 2. The monoisotopic (exact) mass is 319 g/mol. The van der Waals surface area contributed by atoms with E-state index in [0.717, 1.165) is 32.8 Å². The van der Waals surface area contributed by atoms with Crippen molar-refractivity contribution in [1.29, 1.82) is 0 Å². The van der Waals surface area contributed by atoms with Crippen molar-refractivity contribution in [1.82, 2.24) is 4.90 Å². The van der Waals surface area contributed by atoms with E-state index in [-0.39, 0.29) is 4.75 Å². The fraction of sp³-hybridized carbons (Fsp3) is 0.588. The first kappa shape index (κ1) is 15.7. The van der Waals surface area contributed by atoms with Gasteiger partial charge in [0.05, 0.1) is 19.8 Å². The van der Waals surface area contributed by atoms with Gasteiger partial charge in [0.15, 0.2) is 5.96 Å². The average molecular weight is 319 g/mol. The van der Waals surface area contributed by atoms with Crippen LogP contribution in [0, 0.1) is 0 Å². The van der Waals surface area contributed by atoms with Crippen LogP contribution in [0.3, 0.4) is 0 Å². The van der Waals surface area contributed by atoms with Gasteiger partial charge in [0.1, 0.15) is 0 Å². The minimum absolute atomic E-state index is 0.220. The number of ether oxygens (including phenoxy) is 1. The molecule has 1 aromatic carbocycles. The van der Waals surface area contributed by atoms with Crippen LogP contribution >= 0.6 is 11.8 Å². The van der Waals surface area contributed by atoms with Crippen LogP contribution in [0.15, 0.2) is 40.2 Å². The number of hydrogen-bond donors (Lipinski definition) is 1. The Morgan fingerprint density at radius 1 is 1.18 bits per heavy atom. The van der Waals surface area contributed by atoms with Crippen molar-refractivity contribution in [3.63, 3.8) is 0 Å². The summed E-state index contributed by atoms with van der Waals surface area (Å²) in [7, 11) is 0. The van der Waals surface area contributed by atoms with E-state index in [9.17, 15) is 0 Å². The molecule has 120 valence electrons. The van der Waals surface area contributed by atoms with Crippen LogP contribution in [-0.4, -0.2) is 48.5 Å². The number of aliphatic imine (C=N–C) groups is 1. The van der Waals surface area contributed by atoms with Crippen molar-refractivity contribution in [2.45, 2.75) is 35.3 Å². The van der Waals surface area contributed by atoms with E-state index >= 15 is 0 Å². The van der Waals surface area contributed by atoms with Gasteiger partial charge in [-0.25, -0.2) is 0 Å². The maximum absolute atomic E-state index is 6.19. The molecular weight excluding hydrogens is 294 g/mol. The van der Waals surface area contributed by atoms with Gasteiger partial charge in [0, 0.05) is 22.7 Å². The van der Waals surface area contributed by atoms with E-state index in [1.807, 2.05) is 11.8 Å². The third-order valence-corrected chi connectivity index (χ3v) is 5.93. The maximum atomic E-state index is 6.19. The first-order valence-corrected chi connectivity index (χ1v) is 8.96. The summed E-state index contributed by atoms with van der Waals surface area (Å²) >= 11 is 1.98. The van der Waals surface area contributed by atoms with Crippen molar-refractivity contribution < 1.29 is 4.74 Å². The van der Waals surface area contributed by atoms with Crippen molar-refractivity contribution in [2.75, 3.05) is 32.8 Å². The van der Waals surface area contributed by atoms with Crippen molar-refractivity contribution >= 4 is 17.7 Å². The van der Waals surface area contributed by atoms with Gasteiger partial charge < -0.3 is 15.4 Å². The predicted molar refractivity (Wildman–Crippen MR) is 92.4 cm³/mol. The molecule has 0 atom stereocenters. The third-order valence-electron chi connectivity index (χ3n) is 4.46. The molecule has 22 heavy (non-hydrogen) atoms. The van der Waals surface area contributed by atoms with Crippen LogP contribution in [0.2, 0.25) is 0 Å². The van der Waals surface area contributed by atoms with Crippen molar-refractivity contribution in [3.8, 4) is 0 Å². The third kappa shape index (κ3) is 3.96. The van der Waals surface area contributed by atoms with Gasteiger partial charge in [-0.15, -0.1) is 11.8 Å². The molecule has 1 aromatic rings. The first-order valence-electron chi connectivity index (χ1n) is 8.14. The Morgan fingerprint density at radius 3 is 2.55 bits per heavy atom. The molecule has 1 heterocycles.